The van der Waals surface area contributed by atoms with Crippen LogP contribution in [0.1, 0.15) is 23.6 Å². The number of aromatic nitrogens is 1. The molecule has 2 heterocycles. The van der Waals surface area contributed by atoms with E-state index in [0.29, 0.717) is 24.3 Å². The highest BCUT2D eigenvalue weighted by molar-refractivity contribution is 5.56. The highest BCUT2D eigenvalue weighted by Gasteiger charge is 2.34. The van der Waals surface area contributed by atoms with Crippen molar-refractivity contribution in [3.8, 4) is 6.07 Å². The van der Waals surface area contributed by atoms with Crippen LogP contribution in [0.4, 0.5) is 10.2 Å². The Hall–Kier alpha value is -2.45. The van der Waals surface area contributed by atoms with Gasteiger partial charge in [-0.15, -0.1) is 0 Å². The molecule has 0 radical (unpaired) electrons. The summed E-state index contributed by atoms with van der Waals surface area (Å²) < 4.78 is 13.1. The zero-order chi connectivity index (χ0) is 14.8. The highest BCUT2D eigenvalue weighted by Crippen LogP contribution is 2.36. The van der Waals surface area contributed by atoms with Crippen LogP contribution < -0.4 is 4.90 Å². The second-order valence-corrected chi connectivity index (χ2v) is 5.10. The van der Waals surface area contributed by atoms with E-state index >= 15 is 0 Å². The summed E-state index contributed by atoms with van der Waals surface area (Å²) in [4.78, 5) is 6.19. The minimum atomic E-state index is -0.492. The summed E-state index contributed by atoms with van der Waals surface area (Å²) in [5.74, 6) is 0.269. The van der Waals surface area contributed by atoms with Crippen molar-refractivity contribution in [2.45, 2.75) is 18.6 Å². The minimum absolute atomic E-state index is 0.109. The van der Waals surface area contributed by atoms with Crippen LogP contribution >= 0.6 is 0 Å². The maximum absolute atomic E-state index is 13.1. The van der Waals surface area contributed by atoms with Gasteiger partial charge in [-0.2, -0.15) is 5.26 Å². The van der Waals surface area contributed by atoms with Gasteiger partial charge in [0.1, 0.15) is 17.7 Å². The zero-order valence-corrected chi connectivity index (χ0v) is 11.3. The Morgan fingerprint density at radius 1 is 1.29 bits per heavy atom. The molecule has 0 bridgehead atoms. The van der Waals surface area contributed by atoms with Gasteiger partial charge in [0, 0.05) is 12.7 Å². The van der Waals surface area contributed by atoms with Gasteiger partial charge < -0.3 is 10.0 Å². The molecule has 2 aromatic rings. The van der Waals surface area contributed by atoms with E-state index in [4.69, 9.17) is 0 Å². The van der Waals surface area contributed by atoms with Crippen LogP contribution in [0.15, 0.2) is 42.6 Å². The van der Waals surface area contributed by atoms with Gasteiger partial charge in [0.25, 0.3) is 0 Å². The molecule has 0 saturated carbocycles. The second kappa shape index (κ2) is 5.51. The predicted octanol–water partition coefficient (Wildman–Crippen LogP) is 2.40. The van der Waals surface area contributed by atoms with Crippen molar-refractivity contribution in [2.24, 2.45) is 0 Å². The second-order valence-electron chi connectivity index (χ2n) is 5.10. The average molecular weight is 283 g/mol. The van der Waals surface area contributed by atoms with E-state index in [0.717, 1.165) is 5.56 Å². The van der Waals surface area contributed by atoms with E-state index in [9.17, 15) is 14.8 Å². The van der Waals surface area contributed by atoms with Gasteiger partial charge in [-0.1, -0.05) is 12.1 Å². The van der Waals surface area contributed by atoms with Crippen LogP contribution in [0.3, 0.4) is 0 Å². The van der Waals surface area contributed by atoms with Crippen molar-refractivity contribution in [1.29, 1.82) is 5.26 Å². The van der Waals surface area contributed by atoms with Crippen molar-refractivity contribution in [1.82, 2.24) is 4.98 Å². The summed E-state index contributed by atoms with van der Waals surface area (Å²) in [7, 11) is 0. The van der Waals surface area contributed by atoms with E-state index in [1.807, 2.05) is 4.90 Å². The number of β-amino-alcohol motifs (C(OH)–C–C–N with tert-alkyl or cyclic N) is 1. The molecule has 1 saturated heterocycles. The van der Waals surface area contributed by atoms with Crippen LogP contribution in [0.25, 0.3) is 0 Å². The Labute approximate surface area is 122 Å². The van der Waals surface area contributed by atoms with Crippen LogP contribution in [0.2, 0.25) is 0 Å². The van der Waals surface area contributed by atoms with Crippen molar-refractivity contribution in [3.05, 3.63) is 59.5 Å². The number of aliphatic hydroxyl groups excluding tert-OH is 1. The molecule has 1 aromatic carbocycles. The number of nitrogens with zero attached hydrogens (tertiary/aromatic N) is 3. The monoisotopic (exact) mass is 283 g/mol. The summed E-state index contributed by atoms with van der Waals surface area (Å²) in [6, 6.07) is 11.7. The molecular formula is C16H14FN3O. The molecular weight excluding hydrogens is 269 g/mol. The molecule has 0 amide bonds. The van der Waals surface area contributed by atoms with Crippen LogP contribution in [-0.2, 0) is 0 Å². The minimum Gasteiger partial charge on any atom is -0.391 e. The molecule has 4 nitrogen and oxygen atoms in total. The molecule has 0 aliphatic carbocycles. The van der Waals surface area contributed by atoms with E-state index in [-0.39, 0.29) is 11.9 Å². The standard InChI is InChI=1S/C16H14FN3O/c17-13-5-3-11(4-6-13)15-8-14(21)10-20(15)16-12(9-18)2-1-7-19-16/h1-7,14-15,21H,8,10H2/t14-,15+/m1/s1. The molecule has 0 unspecified atom stereocenters. The van der Waals surface area contributed by atoms with Crippen LogP contribution in [0, 0.1) is 17.1 Å². The van der Waals surface area contributed by atoms with Gasteiger partial charge in [0.05, 0.1) is 17.7 Å². The molecule has 2 atom stereocenters. The van der Waals surface area contributed by atoms with E-state index in [2.05, 4.69) is 11.1 Å². The Morgan fingerprint density at radius 2 is 2.05 bits per heavy atom. The molecule has 1 fully saturated rings. The number of aliphatic hydroxyl groups is 1. The first-order chi connectivity index (χ1) is 10.2. The maximum atomic E-state index is 13.1. The summed E-state index contributed by atoms with van der Waals surface area (Å²) in [5.41, 5.74) is 1.38. The van der Waals surface area contributed by atoms with E-state index in [1.54, 1.807) is 30.5 Å². The predicted molar refractivity (Wildman–Crippen MR) is 76.1 cm³/mol. The molecule has 21 heavy (non-hydrogen) atoms. The normalized spacial score (nSPS) is 21.3. The first kappa shape index (κ1) is 13.5. The first-order valence-electron chi connectivity index (χ1n) is 6.74. The Kier molecular flexibility index (Phi) is 3.55. The quantitative estimate of drug-likeness (QED) is 0.919. The lowest BCUT2D eigenvalue weighted by molar-refractivity contribution is 0.194. The lowest BCUT2D eigenvalue weighted by atomic mass is 10.0. The summed E-state index contributed by atoms with van der Waals surface area (Å²) in [6.45, 7) is 0.410. The maximum Gasteiger partial charge on any atom is 0.147 e. The lowest BCUT2D eigenvalue weighted by Crippen LogP contribution is -2.26. The van der Waals surface area contributed by atoms with Gasteiger partial charge in [-0.25, -0.2) is 9.37 Å². The third-order valence-corrected chi connectivity index (χ3v) is 3.71. The van der Waals surface area contributed by atoms with Crippen LogP contribution in [0.5, 0.6) is 0 Å². The van der Waals surface area contributed by atoms with Crippen molar-refractivity contribution in [3.63, 3.8) is 0 Å². The van der Waals surface area contributed by atoms with Gasteiger partial charge >= 0.3 is 0 Å². The van der Waals surface area contributed by atoms with Crippen LogP contribution in [-0.4, -0.2) is 22.7 Å². The van der Waals surface area contributed by atoms with Crippen molar-refractivity contribution >= 4 is 5.82 Å². The topological polar surface area (TPSA) is 60.2 Å². The van der Waals surface area contributed by atoms with Gasteiger partial charge in [-0.3, -0.25) is 0 Å². The first-order valence-corrected chi connectivity index (χ1v) is 6.74. The third kappa shape index (κ3) is 2.58. The Bertz CT molecular complexity index is 681. The number of rotatable bonds is 2. The zero-order valence-electron chi connectivity index (χ0n) is 11.3. The Morgan fingerprint density at radius 3 is 2.76 bits per heavy atom. The number of halogens is 1. The molecule has 1 aromatic heterocycles. The fourth-order valence-electron chi connectivity index (χ4n) is 2.76. The van der Waals surface area contributed by atoms with Gasteiger partial charge in [0.2, 0.25) is 0 Å². The highest BCUT2D eigenvalue weighted by atomic mass is 19.1. The van der Waals surface area contributed by atoms with E-state index < -0.39 is 6.10 Å². The number of anilines is 1. The number of hydrogen-bond acceptors (Lipinski definition) is 4. The number of nitriles is 1. The molecule has 1 aliphatic rings. The SMILES string of the molecule is N#Cc1cccnc1N1C[C@H](O)C[C@H]1c1ccc(F)cc1. The van der Waals surface area contributed by atoms with Crippen molar-refractivity contribution in [2.75, 3.05) is 11.4 Å². The lowest BCUT2D eigenvalue weighted by Gasteiger charge is -2.26. The third-order valence-electron chi connectivity index (χ3n) is 3.71. The fraction of sp³-hybridized carbons (Fsp3) is 0.250. The number of benzene rings is 1. The van der Waals surface area contributed by atoms with Gasteiger partial charge in [-0.05, 0) is 36.2 Å². The largest absolute Gasteiger partial charge is 0.391 e. The van der Waals surface area contributed by atoms with E-state index in [1.165, 1.54) is 12.1 Å². The number of pyridine rings is 1. The Balaban J connectivity index is 2.00. The molecule has 106 valence electrons. The summed E-state index contributed by atoms with van der Waals surface area (Å²) >= 11 is 0. The fourth-order valence-corrected chi connectivity index (χ4v) is 2.76. The average Bonchev–Trinajstić information content (AvgIpc) is 2.89. The van der Waals surface area contributed by atoms with Crippen molar-refractivity contribution < 1.29 is 9.50 Å². The summed E-state index contributed by atoms with van der Waals surface area (Å²) in [6.07, 6.45) is 1.67. The molecule has 0 spiro atoms. The summed E-state index contributed by atoms with van der Waals surface area (Å²) in [5, 5.41) is 19.2. The molecule has 1 aliphatic heterocycles. The smallest absolute Gasteiger partial charge is 0.147 e. The molecule has 1 N–H and O–H groups in total. The molecule has 3 rings (SSSR count). The van der Waals surface area contributed by atoms with Gasteiger partial charge in [0.15, 0.2) is 0 Å². The molecule has 5 heteroatoms. The number of hydrogen-bond donors (Lipinski definition) is 1.